The molecule has 0 unspecified atom stereocenters. The number of carboxylic acid groups (broad SMARTS) is 1. The number of aromatic carboxylic acids is 1. The zero-order chi connectivity index (χ0) is 14.5. The van der Waals surface area contributed by atoms with Crippen LogP contribution in [0.5, 0.6) is 11.5 Å². The summed E-state index contributed by atoms with van der Waals surface area (Å²) in [5.74, 6) is -0.270. The van der Waals surface area contributed by atoms with Crippen LogP contribution in [0.2, 0.25) is 0 Å². The number of hydrogen-bond acceptors (Lipinski definition) is 4. The first-order valence-electron chi connectivity index (χ1n) is 5.84. The predicted molar refractivity (Wildman–Crippen MR) is 75.3 cm³/mol. The Bertz CT molecular complexity index is 647. The summed E-state index contributed by atoms with van der Waals surface area (Å²) in [5.41, 5.74) is 1.32. The average molecular weight is 271 g/mol. The lowest BCUT2D eigenvalue weighted by molar-refractivity contribution is 0.0697. The van der Waals surface area contributed by atoms with Crippen LogP contribution >= 0.6 is 0 Å². The van der Waals surface area contributed by atoms with E-state index in [9.17, 15) is 9.90 Å². The van der Waals surface area contributed by atoms with E-state index in [1.807, 2.05) is 0 Å². The van der Waals surface area contributed by atoms with Gasteiger partial charge in [0, 0.05) is 11.8 Å². The van der Waals surface area contributed by atoms with Gasteiger partial charge in [-0.2, -0.15) is 0 Å². The Morgan fingerprint density at radius 1 is 1.20 bits per heavy atom. The second kappa shape index (κ2) is 5.88. The number of phenols is 1. The van der Waals surface area contributed by atoms with Crippen LogP contribution in [0.4, 0.5) is 5.69 Å². The zero-order valence-electron chi connectivity index (χ0n) is 10.8. The molecule has 0 saturated heterocycles. The molecule has 2 rings (SSSR count). The summed E-state index contributed by atoms with van der Waals surface area (Å²) >= 11 is 0. The van der Waals surface area contributed by atoms with E-state index in [1.165, 1.54) is 31.5 Å². The minimum absolute atomic E-state index is 0.0942. The number of rotatable bonds is 4. The van der Waals surface area contributed by atoms with Crippen molar-refractivity contribution in [2.45, 2.75) is 0 Å². The third-order valence-electron chi connectivity index (χ3n) is 2.70. The average Bonchev–Trinajstić information content (AvgIpc) is 2.47. The Morgan fingerprint density at radius 3 is 2.50 bits per heavy atom. The number of aliphatic imine (C=N–C) groups is 1. The molecular formula is C15H13NO4. The van der Waals surface area contributed by atoms with Gasteiger partial charge in [0.25, 0.3) is 0 Å². The standard InChI is InChI=1S/C15H13NO4/c1-20-13-6-7-14(17)11(8-13)9-16-12-4-2-10(3-5-12)15(18)19/h2-9,17H,1H3,(H,18,19). The molecule has 2 aromatic carbocycles. The first kappa shape index (κ1) is 13.6. The van der Waals surface area contributed by atoms with E-state index in [0.717, 1.165) is 0 Å². The smallest absolute Gasteiger partial charge is 0.335 e. The molecule has 0 spiro atoms. The van der Waals surface area contributed by atoms with Crippen LogP contribution in [0.3, 0.4) is 0 Å². The minimum atomic E-state index is -0.981. The Hall–Kier alpha value is -2.82. The molecule has 0 radical (unpaired) electrons. The fraction of sp³-hybridized carbons (Fsp3) is 0.0667. The summed E-state index contributed by atoms with van der Waals surface area (Å²) in [6.45, 7) is 0. The number of nitrogens with zero attached hydrogens (tertiary/aromatic N) is 1. The van der Waals surface area contributed by atoms with Gasteiger partial charge in [-0.15, -0.1) is 0 Å². The highest BCUT2D eigenvalue weighted by Gasteiger charge is 2.02. The first-order chi connectivity index (χ1) is 9.60. The van der Waals surface area contributed by atoms with Crippen LogP contribution in [-0.2, 0) is 0 Å². The summed E-state index contributed by atoms with van der Waals surface area (Å²) in [4.78, 5) is 14.9. The van der Waals surface area contributed by atoms with Gasteiger partial charge in [0.05, 0.1) is 18.4 Å². The van der Waals surface area contributed by atoms with E-state index in [2.05, 4.69) is 4.99 Å². The molecule has 0 aliphatic rings. The maximum Gasteiger partial charge on any atom is 0.335 e. The molecule has 5 nitrogen and oxygen atoms in total. The van der Waals surface area contributed by atoms with Crippen molar-refractivity contribution < 1.29 is 19.7 Å². The molecule has 20 heavy (non-hydrogen) atoms. The number of carbonyl (C=O) groups is 1. The van der Waals surface area contributed by atoms with Crippen molar-refractivity contribution in [1.29, 1.82) is 0 Å². The van der Waals surface area contributed by atoms with Crippen molar-refractivity contribution >= 4 is 17.9 Å². The maximum absolute atomic E-state index is 10.7. The third kappa shape index (κ3) is 3.14. The fourth-order valence-corrected chi connectivity index (χ4v) is 1.60. The van der Waals surface area contributed by atoms with Gasteiger partial charge < -0.3 is 14.9 Å². The van der Waals surface area contributed by atoms with Crippen LogP contribution in [0, 0.1) is 0 Å². The first-order valence-corrected chi connectivity index (χ1v) is 5.84. The third-order valence-corrected chi connectivity index (χ3v) is 2.70. The highest BCUT2D eigenvalue weighted by molar-refractivity contribution is 5.89. The summed E-state index contributed by atoms with van der Waals surface area (Å²) in [6, 6.07) is 11.0. The molecule has 2 N–H and O–H groups in total. The maximum atomic E-state index is 10.7. The summed E-state index contributed by atoms with van der Waals surface area (Å²) < 4.78 is 5.07. The Kier molecular flexibility index (Phi) is 4.00. The van der Waals surface area contributed by atoms with Crippen molar-refractivity contribution in [1.82, 2.24) is 0 Å². The number of ether oxygens (including phenoxy) is 1. The lowest BCUT2D eigenvalue weighted by Gasteiger charge is -2.03. The molecule has 5 heteroatoms. The fourth-order valence-electron chi connectivity index (χ4n) is 1.60. The van der Waals surface area contributed by atoms with E-state index in [1.54, 1.807) is 24.3 Å². The number of benzene rings is 2. The van der Waals surface area contributed by atoms with E-state index >= 15 is 0 Å². The molecule has 0 aliphatic heterocycles. The Labute approximate surface area is 115 Å². The van der Waals surface area contributed by atoms with Crippen molar-refractivity contribution in [3.8, 4) is 11.5 Å². The number of hydrogen-bond donors (Lipinski definition) is 2. The van der Waals surface area contributed by atoms with Gasteiger partial charge in [-0.05, 0) is 42.5 Å². The molecule has 102 valence electrons. The van der Waals surface area contributed by atoms with Crippen molar-refractivity contribution in [3.63, 3.8) is 0 Å². The van der Waals surface area contributed by atoms with Crippen molar-refractivity contribution in [3.05, 3.63) is 53.6 Å². The number of carboxylic acids is 1. The highest BCUT2D eigenvalue weighted by atomic mass is 16.5. The van der Waals surface area contributed by atoms with Gasteiger partial charge in [-0.25, -0.2) is 4.79 Å². The monoisotopic (exact) mass is 271 g/mol. The van der Waals surface area contributed by atoms with Gasteiger partial charge in [0.1, 0.15) is 11.5 Å². The molecule has 0 bridgehead atoms. The Balaban J connectivity index is 2.22. The molecular weight excluding hydrogens is 258 g/mol. The normalized spacial score (nSPS) is 10.7. The van der Waals surface area contributed by atoms with Gasteiger partial charge in [-0.3, -0.25) is 4.99 Å². The van der Waals surface area contributed by atoms with E-state index in [-0.39, 0.29) is 11.3 Å². The van der Waals surface area contributed by atoms with E-state index < -0.39 is 5.97 Å². The zero-order valence-corrected chi connectivity index (χ0v) is 10.8. The lowest BCUT2D eigenvalue weighted by Crippen LogP contribution is -1.94. The number of methoxy groups -OCH3 is 1. The largest absolute Gasteiger partial charge is 0.507 e. The quantitative estimate of drug-likeness (QED) is 0.838. The van der Waals surface area contributed by atoms with Crippen LogP contribution < -0.4 is 4.74 Å². The van der Waals surface area contributed by atoms with E-state index in [0.29, 0.717) is 17.0 Å². The second-order valence-electron chi connectivity index (χ2n) is 4.03. The molecule has 0 atom stereocenters. The topological polar surface area (TPSA) is 79.1 Å². The minimum Gasteiger partial charge on any atom is -0.507 e. The molecule has 0 aromatic heterocycles. The molecule has 0 aliphatic carbocycles. The Morgan fingerprint density at radius 2 is 1.90 bits per heavy atom. The molecule has 0 saturated carbocycles. The van der Waals surface area contributed by atoms with Crippen LogP contribution in [0.15, 0.2) is 47.5 Å². The number of aromatic hydroxyl groups is 1. The van der Waals surface area contributed by atoms with Gasteiger partial charge in [0.2, 0.25) is 0 Å². The molecule has 0 amide bonds. The molecule has 2 aromatic rings. The number of phenolic OH excluding ortho intramolecular Hbond substituents is 1. The van der Waals surface area contributed by atoms with Crippen molar-refractivity contribution in [2.75, 3.05) is 7.11 Å². The predicted octanol–water partition coefficient (Wildman–Crippen LogP) is 2.85. The molecule has 0 fully saturated rings. The molecule has 0 heterocycles. The van der Waals surface area contributed by atoms with Gasteiger partial charge in [0.15, 0.2) is 0 Å². The van der Waals surface area contributed by atoms with Crippen LogP contribution in [-0.4, -0.2) is 29.5 Å². The summed E-state index contributed by atoms with van der Waals surface area (Å²) in [7, 11) is 1.54. The lowest BCUT2D eigenvalue weighted by atomic mass is 10.2. The van der Waals surface area contributed by atoms with Crippen LogP contribution in [0.1, 0.15) is 15.9 Å². The van der Waals surface area contributed by atoms with E-state index in [4.69, 9.17) is 9.84 Å². The highest BCUT2D eigenvalue weighted by Crippen LogP contribution is 2.22. The van der Waals surface area contributed by atoms with Gasteiger partial charge in [-0.1, -0.05) is 0 Å². The van der Waals surface area contributed by atoms with Crippen molar-refractivity contribution in [2.24, 2.45) is 4.99 Å². The summed E-state index contributed by atoms with van der Waals surface area (Å²) in [6.07, 6.45) is 1.49. The second-order valence-corrected chi connectivity index (χ2v) is 4.03. The SMILES string of the molecule is COc1ccc(O)c(C=Nc2ccc(C(=O)O)cc2)c1. The summed E-state index contributed by atoms with van der Waals surface area (Å²) in [5, 5.41) is 18.5. The van der Waals surface area contributed by atoms with Gasteiger partial charge >= 0.3 is 5.97 Å². The van der Waals surface area contributed by atoms with Crippen LogP contribution in [0.25, 0.3) is 0 Å².